The highest BCUT2D eigenvalue weighted by atomic mass is 16.6. The zero-order valence-electron chi connectivity index (χ0n) is 12.7. The molecule has 7 heteroatoms. The van der Waals surface area contributed by atoms with Crippen molar-refractivity contribution in [3.63, 3.8) is 0 Å². The number of rotatable bonds is 6. The topological polar surface area (TPSA) is 84.7 Å². The molecule has 120 valence electrons. The van der Waals surface area contributed by atoms with Gasteiger partial charge in [-0.1, -0.05) is 12.1 Å². The number of benzene rings is 1. The van der Waals surface area contributed by atoms with Crippen molar-refractivity contribution in [2.75, 3.05) is 38.7 Å². The average molecular weight is 307 g/mol. The summed E-state index contributed by atoms with van der Waals surface area (Å²) in [6, 6.07) is 6.16. The molecule has 1 aromatic rings. The monoisotopic (exact) mass is 307 g/mol. The molecule has 0 spiro atoms. The van der Waals surface area contributed by atoms with E-state index in [0.717, 1.165) is 25.9 Å². The molecule has 1 fully saturated rings. The summed E-state index contributed by atoms with van der Waals surface area (Å²) in [4.78, 5) is 24.6. The number of ether oxygens (including phenoxy) is 1. The Morgan fingerprint density at radius 3 is 3.00 bits per heavy atom. The van der Waals surface area contributed by atoms with Crippen molar-refractivity contribution >= 4 is 17.3 Å². The highest BCUT2D eigenvalue weighted by Gasteiger charge is 2.22. The molecule has 1 aliphatic rings. The predicted molar refractivity (Wildman–Crippen MR) is 82.8 cm³/mol. The van der Waals surface area contributed by atoms with E-state index >= 15 is 0 Å². The number of carbonyl (C=O) groups excluding carboxylic acids is 1. The van der Waals surface area contributed by atoms with Crippen molar-refractivity contribution in [1.82, 2.24) is 4.90 Å². The number of nitrogens with one attached hydrogen (secondary N) is 1. The molecule has 1 heterocycles. The minimum absolute atomic E-state index is 0.0910. The standard InChI is InChI=1S/C15H21N3O4/c1-22-11-12-5-4-8-17(9-12)10-15(19)16-13-6-2-3-7-14(13)18(20)21/h2-3,6-7,12H,4-5,8-11H2,1H3,(H,16,19)/t12-/m0/s1. The SMILES string of the molecule is COC[C@H]1CCCN(CC(=O)Nc2ccccc2[N+](=O)[O-])C1. The van der Waals surface area contributed by atoms with Crippen LogP contribution in [0.1, 0.15) is 12.8 Å². The quantitative estimate of drug-likeness (QED) is 0.641. The van der Waals surface area contributed by atoms with Crippen molar-refractivity contribution in [2.45, 2.75) is 12.8 Å². The van der Waals surface area contributed by atoms with Crippen LogP contribution in [0.3, 0.4) is 0 Å². The Kier molecular flexibility index (Phi) is 5.85. The minimum atomic E-state index is -0.495. The van der Waals surface area contributed by atoms with E-state index in [1.165, 1.54) is 6.07 Å². The van der Waals surface area contributed by atoms with Gasteiger partial charge in [0.05, 0.1) is 18.1 Å². The number of nitro benzene ring substituents is 1. The number of anilines is 1. The van der Waals surface area contributed by atoms with E-state index in [9.17, 15) is 14.9 Å². The molecule has 1 amide bonds. The third-order valence-electron chi connectivity index (χ3n) is 3.75. The number of piperidine rings is 1. The van der Waals surface area contributed by atoms with Crippen LogP contribution in [-0.4, -0.2) is 49.1 Å². The Morgan fingerprint density at radius 1 is 1.50 bits per heavy atom. The average Bonchev–Trinajstić information content (AvgIpc) is 2.48. The van der Waals surface area contributed by atoms with Crippen LogP contribution >= 0.6 is 0 Å². The normalized spacial score (nSPS) is 18.9. The predicted octanol–water partition coefficient (Wildman–Crippen LogP) is 1.89. The van der Waals surface area contributed by atoms with E-state index in [1.54, 1.807) is 25.3 Å². The highest BCUT2D eigenvalue weighted by molar-refractivity contribution is 5.94. The van der Waals surface area contributed by atoms with Gasteiger partial charge in [0.25, 0.3) is 5.69 Å². The Morgan fingerprint density at radius 2 is 2.27 bits per heavy atom. The number of carbonyl (C=O) groups is 1. The number of likely N-dealkylation sites (tertiary alicyclic amines) is 1. The van der Waals surface area contributed by atoms with Gasteiger partial charge < -0.3 is 10.1 Å². The molecule has 0 saturated carbocycles. The first-order chi connectivity index (χ1) is 10.6. The molecule has 1 aliphatic heterocycles. The number of nitro groups is 1. The van der Waals surface area contributed by atoms with Crippen LogP contribution in [0, 0.1) is 16.0 Å². The Hall–Kier alpha value is -1.99. The largest absolute Gasteiger partial charge is 0.384 e. The van der Waals surface area contributed by atoms with Gasteiger partial charge >= 0.3 is 0 Å². The number of methoxy groups -OCH3 is 1. The lowest BCUT2D eigenvalue weighted by Gasteiger charge is -2.31. The van der Waals surface area contributed by atoms with E-state index in [-0.39, 0.29) is 23.8 Å². The maximum absolute atomic E-state index is 12.1. The van der Waals surface area contributed by atoms with E-state index in [1.807, 2.05) is 0 Å². The van der Waals surface area contributed by atoms with Gasteiger partial charge in [0.1, 0.15) is 5.69 Å². The molecule has 0 bridgehead atoms. The zero-order valence-corrected chi connectivity index (χ0v) is 12.7. The summed E-state index contributed by atoms with van der Waals surface area (Å²) >= 11 is 0. The fraction of sp³-hybridized carbons (Fsp3) is 0.533. The van der Waals surface area contributed by atoms with Gasteiger partial charge in [-0.05, 0) is 31.4 Å². The van der Waals surface area contributed by atoms with Crippen LogP contribution in [-0.2, 0) is 9.53 Å². The molecule has 22 heavy (non-hydrogen) atoms. The van der Waals surface area contributed by atoms with Gasteiger partial charge in [0.2, 0.25) is 5.91 Å². The number of nitrogens with zero attached hydrogens (tertiary/aromatic N) is 2. The summed E-state index contributed by atoms with van der Waals surface area (Å²) in [5.74, 6) is 0.213. The molecule has 0 unspecified atom stereocenters. The lowest BCUT2D eigenvalue weighted by Crippen LogP contribution is -2.41. The Bertz CT molecular complexity index is 533. The number of amides is 1. The molecule has 0 aromatic heterocycles. The van der Waals surface area contributed by atoms with Crippen LogP contribution < -0.4 is 5.32 Å². The van der Waals surface area contributed by atoms with Crippen molar-refractivity contribution in [1.29, 1.82) is 0 Å². The molecule has 1 atom stereocenters. The lowest BCUT2D eigenvalue weighted by molar-refractivity contribution is -0.383. The zero-order chi connectivity index (χ0) is 15.9. The summed E-state index contributed by atoms with van der Waals surface area (Å²) in [5.41, 5.74) is 0.148. The molecule has 0 aliphatic carbocycles. The van der Waals surface area contributed by atoms with Crippen LogP contribution in [0.4, 0.5) is 11.4 Å². The number of para-hydroxylation sites is 2. The Labute approximate surface area is 129 Å². The van der Waals surface area contributed by atoms with Crippen LogP contribution in [0.2, 0.25) is 0 Å². The van der Waals surface area contributed by atoms with Crippen molar-refractivity contribution in [2.24, 2.45) is 5.92 Å². The van der Waals surface area contributed by atoms with E-state index < -0.39 is 4.92 Å². The summed E-state index contributed by atoms with van der Waals surface area (Å²) in [7, 11) is 1.68. The third kappa shape index (κ3) is 4.51. The molecule has 7 nitrogen and oxygen atoms in total. The first-order valence-electron chi connectivity index (χ1n) is 7.34. The van der Waals surface area contributed by atoms with Crippen molar-refractivity contribution in [3.8, 4) is 0 Å². The fourth-order valence-corrected chi connectivity index (χ4v) is 2.80. The number of hydrogen-bond donors (Lipinski definition) is 1. The molecule has 0 radical (unpaired) electrons. The molecule has 1 saturated heterocycles. The van der Waals surface area contributed by atoms with E-state index in [2.05, 4.69) is 10.2 Å². The van der Waals surface area contributed by atoms with Crippen LogP contribution in [0.25, 0.3) is 0 Å². The summed E-state index contributed by atoms with van der Waals surface area (Å²) in [5, 5.41) is 13.6. The second-order valence-electron chi connectivity index (χ2n) is 5.52. The highest BCUT2D eigenvalue weighted by Crippen LogP contribution is 2.23. The van der Waals surface area contributed by atoms with Crippen molar-refractivity contribution in [3.05, 3.63) is 34.4 Å². The van der Waals surface area contributed by atoms with Crippen LogP contribution in [0.5, 0.6) is 0 Å². The van der Waals surface area contributed by atoms with Crippen LogP contribution in [0.15, 0.2) is 24.3 Å². The lowest BCUT2D eigenvalue weighted by atomic mass is 9.99. The van der Waals surface area contributed by atoms with E-state index in [4.69, 9.17) is 4.74 Å². The minimum Gasteiger partial charge on any atom is -0.384 e. The van der Waals surface area contributed by atoms with Gasteiger partial charge in [0.15, 0.2) is 0 Å². The third-order valence-corrected chi connectivity index (χ3v) is 3.75. The van der Waals surface area contributed by atoms with Gasteiger partial charge in [-0.2, -0.15) is 0 Å². The summed E-state index contributed by atoms with van der Waals surface area (Å²) in [6.07, 6.45) is 2.14. The Balaban J connectivity index is 1.92. The fourth-order valence-electron chi connectivity index (χ4n) is 2.80. The second-order valence-corrected chi connectivity index (χ2v) is 5.52. The van der Waals surface area contributed by atoms with E-state index in [0.29, 0.717) is 12.5 Å². The molecule has 2 rings (SSSR count). The number of hydrogen-bond acceptors (Lipinski definition) is 5. The molecular formula is C15H21N3O4. The maximum Gasteiger partial charge on any atom is 0.292 e. The molecule has 1 N–H and O–H groups in total. The first-order valence-corrected chi connectivity index (χ1v) is 7.34. The maximum atomic E-state index is 12.1. The summed E-state index contributed by atoms with van der Waals surface area (Å²) < 4.78 is 5.17. The second kappa shape index (κ2) is 7.86. The smallest absolute Gasteiger partial charge is 0.292 e. The van der Waals surface area contributed by atoms with Gasteiger partial charge in [-0.15, -0.1) is 0 Å². The van der Waals surface area contributed by atoms with Gasteiger partial charge in [0, 0.05) is 19.7 Å². The van der Waals surface area contributed by atoms with Crippen molar-refractivity contribution < 1.29 is 14.5 Å². The van der Waals surface area contributed by atoms with Gasteiger partial charge in [-0.25, -0.2) is 0 Å². The summed E-state index contributed by atoms with van der Waals surface area (Å²) in [6.45, 7) is 2.62. The molecular weight excluding hydrogens is 286 g/mol. The first kappa shape index (κ1) is 16.4. The van der Waals surface area contributed by atoms with Gasteiger partial charge in [-0.3, -0.25) is 19.8 Å². The molecule has 1 aromatic carbocycles.